The van der Waals surface area contributed by atoms with Crippen LogP contribution in [-0.2, 0) is 27.2 Å². The van der Waals surface area contributed by atoms with Crippen LogP contribution >= 0.6 is 0 Å². The molecule has 0 saturated carbocycles. The van der Waals surface area contributed by atoms with Gasteiger partial charge in [0, 0.05) is 6.07 Å². The second-order valence-corrected chi connectivity index (χ2v) is 8.17. The van der Waals surface area contributed by atoms with Crippen LogP contribution in [0.3, 0.4) is 0 Å². The molecule has 0 radical (unpaired) electrons. The Hall–Kier alpha value is -4.11. The molecule has 1 heterocycles. The molecule has 0 N–H and O–H groups in total. The largest absolute Gasteiger partial charge is 0.466 e. The molecular formula is C28H24F3NO5. The van der Waals surface area contributed by atoms with Gasteiger partial charge < -0.3 is 14.1 Å². The quantitative estimate of drug-likeness (QED) is 0.130. The Morgan fingerprint density at radius 3 is 2.38 bits per heavy atom. The third-order valence-electron chi connectivity index (χ3n) is 5.61. The topological polar surface area (TPSA) is 70.8 Å². The first kappa shape index (κ1) is 26.0. The molecule has 1 aromatic heterocycles. The summed E-state index contributed by atoms with van der Waals surface area (Å²) in [5.74, 6) is 0.302. The van der Waals surface area contributed by atoms with E-state index in [1.165, 1.54) is 18.3 Å². The number of carbonyl (C=O) groups is 1. The van der Waals surface area contributed by atoms with E-state index < -0.39 is 11.7 Å². The molecule has 1 atom stereocenters. The highest BCUT2D eigenvalue weighted by molar-refractivity contribution is 5.71. The van der Waals surface area contributed by atoms with Crippen molar-refractivity contribution in [3.8, 4) is 16.9 Å². The number of nitrogens with zero attached hydrogens (tertiary/aromatic N) is 1. The van der Waals surface area contributed by atoms with Gasteiger partial charge in [-0.05, 0) is 59.5 Å². The lowest BCUT2D eigenvalue weighted by Gasteiger charge is -2.14. The molecule has 3 aromatic carbocycles. The van der Waals surface area contributed by atoms with Crippen molar-refractivity contribution in [1.29, 1.82) is 0 Å². The highest BCUT2D eigenvalue weighted by Gasteiger charge is 2.30. The Morgan fingerprint density at radius 1 is 0.973 bits per heavy atom. The first-order valence-corrected chi connectivity index (χ1v) is 11.6. The minimum absolute atomic E-state index is 0.106. The second kappa shape index (κ2) is 11.7. The van der Waals surface area contributed by atoms with Gasteiger partial charge in [-0.2, -0.15) is 18.1 Å². The standard InChI is InChI=1S/C28H24F3NO5/c1-2-34-27(33)17-25(26-14-15-32-36-26)21-8-12-24(13-9-21)37-35-18-19-4-3-5-22(16-19)20-6-10-23(11-7-20)28(29,30)31/h3-16,25H,2,17-18H2,1H3. The lowest BCUT2D eigenvalue weighted by atomic mass is 9.93. The molecule has 6 nitrogen and oxygen atoms in total. The Morgan fingerprint density at radius 2 is 1.73 bits per heavy atom. The maximum atomic E-state index is 12.8. The minimum atomic E-state index is -4.37. The van der Waals surface area contributed by atoms with Crippen molar-refractivity contribution in [1.82, 2.24) is 5.16 Å². The van der Waals surface area contributed by atoms with Gasteiger partial charge in [-0.1, -0.05) is 47.6 Å². The SMILES string of the molecule is CCOC(=O)CC(c1ccc(OOCc2cccc(-c3ccc(C(F)(F)F)cc3)c2)cc1)c1ccno1. The highest BCUT2D eigenvalue weighted by atomic mass is 19.4. The number of hydrogen-bond donors (Lipinski definition) is 0. The molecule has 0 saturated heterocycles. The van der Waals surface area contributed by atoms with E-state index in [0.29, 0.717) is 23.7 Å². The molecule has 192 valence electrons. The number of alkyl halides is 3. The average molecular weight is 511 g/mol. The van der Waals surface area contributed by atoms with E-state index >= 15 is 0 Å². The van der Waals surface area contributed by atoms with Crippen molar-refractivity contribution in [2.45, 2.75) is 32.0 Å². The summed E-state index contributed by atoms with van der Waals surface area (Å²) in [6.07, 6.45) is -2.75. The summed E-state index contributed by atoms with van der Waals surface area (Å²) in [7, 11) is 0. The number of halogens is 3. The molecule has 0 aliphatic carbocycles. The molecule has 0 spiro atoms. The Kier molecular flexibility index (Phi) is 8.25. The van der Waals surface area contributed by atoms with E-state index in [1.807, 2.05) is 18.2 Å². The number of rotatable bonds is 10. The molecule has 9 heteroatoms. The number of hydrogen-bond acceptors (Lipinski definition) is 6. The summed E-state index contributed by atoms with van der Waals surface area (Å²) in [5.41, 5.74) is 2.34. The van der Waals surface area contributed by atoms with Crippen LogP contribution in [0.5, 0.6) is 5.75 Å². The zero-order chi connectivity index (χ0) is 26.3. The molecule has 0 bridgehead atoms. The number of benzene rings is 3. The van der Waals surface area contributed by atoms with Gasteiger partial charge in [0.05, 0.1) is 30.7 Å². The van der Waals surface area contributed by atoms with Gasteiger partial charge in [0.15, 0.2) is 5.75 Å². The van der Waals surface area contributed by atoms with Gasteiger partial charge in [-0.15, -0.1) is 0 Å². The predicted molar refractivity (Wildman–Crippen MR) is 128 cm³/mol. The maximum absolute atomic E-state index is 12.8. The summed E-state index contributed by atoms with van der Waals surface area (Å²) in [4.78, 5) is 22.8. The summed E-state index contributed by atoms with van der Waals surface area (Å²) in [5, 5.41) is 3.73. The van der Waals surface area contributed by atoms with Gasteiger partial charge in [0.2, 0.25) is 0 Å². The number of esters is 1. The Labute approximate surface area is 211 Å². The average Bonchev–Trinajstić information content (AvgIpc) is 3.43. The second-order valence-electron chi connectivity index (χ2n) is 8.17. The number of ether oxygens (including phenoxy) is 1. The van der Waals surface area contributed by atoms with Gasteiger partial charge >= 0.3 is 12.1 Å². The smallest absolute Gasteiger partial charge is 0.416 e. The van der Waals surface area contributed by atoms with E-state index in [1.54, 1.807) is 43.3 Å². The van der Waals surface area contributed by atoms with E-state index in [2.05, 4.69) is 5.16 Å². The fourth-order valence-corrected chi connectivity index (χ4v) is 3.79. The van der Waals surface area contributed by atoms with E-state index in [-0.39, 0.29) is 24.9 Å². The molecule has 0 amide bonds. The van der Waals surface area contributed by atoms with Crippen LogP contribution in [0.1, 0.15) is 41.7 Å². The lowest BCUT2D eigenvalue weighted by molar-refractivity contribution is -0.217. The Bertz CT molecular complexity index is 1290. The first-order chi connectivity index (χ1) is 17.8. The highest BCUT2D eigenvalue weighted by Crippen LogP contribution is 2.32. The third-order valence-corrected chi connectivity index (χ3v) is 5.61. The van der Waals surface area contributed by atoms with Gasteiger partial charge in [-0.3, -0.25) is 4.79 Å². The van der Waals surface area contributed by atoms with Crippen molar-refractivity contribution in [3.63, 3.8) is 0 Å². The molecule has 1 unspecified atom stereocenters. The zero-order valence-electron chi connectivity index (χ0n) is 19.9. The third kappa shape index (κ3) is 6.98. The maximum Gasteiger partial charge on any atom is 0.416 e. The van der Waals surface area contributed by atoms with Crippen LogP contribution in [0.4, 0.5) is 13.2 Å². The minimum Gasteiger partial charge on any atom is -0.466 e. The molecule has 0 aliphatic heterocycles. The van der Waals surface area contributed by atoms with Crippen LogP contribution in [0.15, 0.2) is 89.6 Å². The van der Waals surface area contributed by atoms with E-state index in [0.717, 1.165) is 28.8 Å². The summed E-state index contributed by atoms with van der Waals surface area (Å²) in [6.45, 7) is 2.16. The van der Waals surface area contributed by atoms with Crippen molar-refractivity contribution in [2.75, 3.05) is 6.61 Å². The van der Waals surface area contributed by atoms with Gasteiger partial charge in [0.1, 0.15) is 12.4 Å². The zero-order valence-corrected chi connectivity index (χ0v) is 19.9. The molecule has 0 fully saturated rings. The lowest BCUT2D eigenvalue weighted by Crippen LogP contribution is -2.11. The monoisotopic (exact) mass is 511 g/mol. The van der Waals surface area contributed by atoms with Crippen molar-refractivity contribution in [2.24, 2.45) is 0 Å². The van der Waals surface area contributed by atoms with Gasteiger partial charge in [0.25, 0.3) is 0 Å². The Balaban J connectivity index is 1.36. The number of carbonyl (C=O) groups excluding carboxylic acids is 1. The normalized spacial score (nSPS) is 12.2. The van der Waals surface area contributed by atoms with Crippen molar-refractivity contribution >= 4 is 5.97 Å². The van der Waals surface area contributed by atoms with Crippen LogP contribution in [0, 0.1) is 0 Å². The molecular weight excluding hydrogens is 487 g/mol. The first-order valence-electron chi connectivity index (χ1n) is 11.6. The van der Waals surface area contributed by atoms with Crippen molar-refractivity contribution in [3.05, 3.63) is 108 Å². The van der Waals surface area contributed by atoms with Gasteiger partial charge in [-0.25, -0.2) is 0 Å². The summed E-state index contributed by atoms with van der Waals surface area (Å²) in [6, 6.07) is 21.0. The van der Waals surface area contributed by atoms with Crippen LogP contribution in [0.25, 0.3) is 11.1 Å². The van der Waals surface area contributed by atoms with Crippen LogP contribution in [-0.4, -0.2) is 17.7 Å². The van der Waals surface area contributed by atoms with E-state index in [9.17, 15) is 18.0 Å². The van der Waals surface area contributed by atoms with E-state index in [4.69, 9.17) is 19.0 Å². The summed E-state index contributed by atoms with van der Waals surface area (Å²) < 4.78 is 48.8. The number of aromatic nitrogens is 1. The summed E-state index contributed by atoms with van der Waals surface area (Å²) >= 11 is 0. The molecule has 0 aliphatic rings. The fraction of sp³-hybridized carbons (Fsp3) is 0.214. The van der Waals surface area contributed by atoms with Crippen molar-refractivity contribution < 1.29 is 37.0 Å². The fourth-order valence-electron chi connectivity index (χ4n) is 3.79. The van der Waals surface area contributed by atoms with Crippen LogP contribution in [0.2, 0.25) is 0 Å². The molecule has 37 heavy (non-hydrogen) atoms. The molecule has 4 aromatic rings. The van der Waals surface area contributed by atoms with Crippen LogP contribution < -0.4 is 4.89 Å². The molecule has 4 rings (SSSR count). The predicted octanol–water partition coefficient (Wildman–Crippen LogP) is 6.96.